The summed E-state index contributed by atoms with van der Waals surface area (Å²) in [5.74, 6) is -2.15. The second-order valence-corrected chi connectivity index (χ2v) is 17.8. The molecule has 11 heteroatoms. The molecule has 0 amide bonds. The maximum atomic E-state index is 13.1. The molecule has 11 nitrogen and oxygen atoms in total. The minimum atomic E-state index is -1.77. The van der Waals surface area contributed by atoms with Gasteiger partial charge in [0.2, 0.25) is 0 Å². The van der Waals surface area contributed by atoms with E-state index in [0.29, 0.717) is 38.0 Å². The first-order chi connectivity index (χ1) is 22.2. The lowest BCUT2D eigenvalue weighted by Gasteiger charge is -2.71. The van der Waals surface area contributed by atoms with E-state index in [4.69, 9.17) is 14.2 Å². The van der Waals surface area contributed by atoms with E-state index in [-0.39, 0.29) is 40.2 Å². The van der Waals surface area contributed by atoms with Gasteiger partial charge in [0.1, 0.15) is 18.3 Å². The molecule has 1 saturated heterocycles. The van der Waals surface area contributed by atoms with Crippen LogP contribution in [0.5, 0.6) is 0 Å². The summed E-state index contributed by atoms with van der Waals surface area (Å²) >= 11 is 0. The van der Waals surface area contributed by atoms with Crippen molar-refractivity contribution in [3.05, 3.63) is 11.6 Å². The van der Waals surface area contributed by atoms with Crippen molar-refractivity contribution in [1.29, 1.82) is 0 Å². The molecule has 14 atom stereocenters. The van der Waals surface area contributed by atoms with Gasteiger partial charge < -0.3 is 39.7 Å². The predicted molar refractivity (Wildman–Crippen MR) is 172 cm³/mol. The third-order valence-corrected chi connectivity index (χ3v) is 15.6. The fraction of sp³-hybridized carbons (Fsp3) is 0.865. The molecule has 5 N–H and O–H groups in total. The van der Waals surface area contributed by atoms with Gasteiger partial charge in [-0.25, -0.2) is 4.79 Å². The lowest BCUT2D eigenvalue weighted by Crippen LogP contribution is -2.66. The molecule has 0 aromatic rings. The fourth-order valence-corrected chi connectivity index (χ4v) is 12.4. The topological polar surface area (TPSA) is 180 Å². The number of carbonyl (C=O) groups is 3. The Bertz CT molecular complexity index is 1380. The van der Waals surface area contributed by atoms with Crippen molar-refractivity contribution in [3.8, 4) is 0 Å². The number of methoxy groups -OCH3 is 1. The van der Waals surface area contributed by atoms with Gasteiger partial charge in [0.05, 0.1) is 24.0 Å². The minimum absolute atomic E-state index is 0.0822. The first-order valence-electron chi connectivity index (χ1n) is 17.8. The number of carboxylic acids is 2. The van der Waals surface area contributed by atoms with E-state index in [9.17, 15) is 39.9 Å². The number of carboxylic acid groups (broad SMARTS) is 2. The van der Waals surface area contributed by atoms with E-state index in [1.165, 1.54) is 12.7 Å². The Hall–Kier alpha value is -2.05. The second-order valence-electron chi connectivity index (χ2n) is 17.8. The molecule has 1 aliphatic heterocycles. The fourth-order valence-electron chi connectivity index (χ4n) is 12.4. The Balaban J connectivity index is 1.30. The second kappa shape index (κ2) is 11.5. The van der Waals surface area contributed by atoms with Crippen LogP contribution in [0.25, 0.3) is 0 Å². The monoisotopic (exact) mass is 676 g/mol. The zero-order chi connectivity index (χ0) is 35.4. The van der Waals surface area contributed by atoms with Gasteiger partial charge in [-0.2, -0.15) is 0 Å². The van der Waals surface area contributed by atoms with Gasteiger partial charge in [0.25, 0.3) is 0 Å². The molecule has 0 radical (unpaired) electrons. The number of aliphatic carboxylic acids is 2. The van der Waals surface area contributed by atoms with Gasteiger partial charge in [-0.05, 0) is 111 Å². The van der Waals surface area contributed by atoms with Gasteiger partial charge >= 0.3 is 17.9 Å². The largest absolute Gasteiger partial charge is 0.481 e. The van der Waals surface area contributed by atoms with Gasteiger partial charge in [-0.15, -0.1) is 0 Å². The molecule has 6 rings (SSSR count). The van der Waals surface area contributed by atoms with Crippen LogP contribution < -0.4 is 0 Å². The van der Waals surface area contributed by atoms with Crippen LogP contribution in [0.1, 0.15) is 106 Å². The number of esters is 1. The summed E-state index contributed by atoms with van der Waals surface area (Å²) < 4.78 is 17.1. The Labute approximate surface area is 283 Å². The molecule has 4 saturated carbocycles. The summed E-state index contributed by atoms with van der Waals surface area (Å²) in [4.78, 5) is 37.8. The molecular weight excluding hydrogens is 620 g/mol. The zero-order valence-corrected chi connectivity index (χ0v) is 29.5. The molecule has 1 heterocycles. The molecule has 5 fully saturated rings. The number of aliphatic hydroxyl groups is 3. The average Bonchev–Trinajstić information content (AvgIpc) is 3.02. The van der Waals surface area contributed by atoms with Crippen LogP contribution in [0, 0.1) is 50.2 Å². The number of hydrogen-bond donors (Lipinski definition) is 5. The quantitative estimate of drug-likeness (QED) is 0.159. The Kier molecular flexibility index (Phi) is 8.56. The highest BCUT2D eigenvalue weighted by Crippen LogP contribution is 2.76. The first-order valence-corrected chi connectivity index (χ1v) is 17.8. The van der Waals surface area contributed by atoms with Gasteiger partial charge in [-0.3, -0.25) is 9.59 Å². The highest BCUT2D eigenvalue weighted by Gasteiger charge is 2.70. The normalized spacial score (nSPS) is 51.2. The molecular formula is C37H56O11. The van der Waals surface area contributed by atoms with Crippen LogP contribution in [-0.4, -0.2) is 87.4 Å². The highest BCUT2D eigenvalue weighted by atomic mass is 16.7. The van der Waals surface area contributed by atoms with Crippen LogP contribution in [0.15, 0.2) is 11.6 Å². The van der Waals surface area contributed by atoms with Gasteiger partial charge in [0.15, 0.2) is 12.4 Å². The molecule has 0 spiro atoms. The number of hydrogen-bond acceptors (Lipinski definition) is 9. The van der Waals surface area contributed by atoms with E-state index < -0.39 is 58.9 Å². The van der Waals surface area contributed by atoms with E-state index in [2.05, 4.69) is 40.7 Å². The Morgan fingerprint density at radius 3 is 2.12 bits per heavy atom. The summed E-state index contributed by atoms with van der Waals surface area (Å²) in [5.41, 5.74) is -1.19. The number of allylic oxidation sites excluding steroid dienone is 2. The van der Waals surface area contributed by atoms with Crippen molar-refractivity contribution in [2.45, 2.75) is 143 Å². The SMILES string of the molecule is COC(=O)C1(C)CCC2(C(=O)O)CCC3(C)C(=CCC4C5(C)CCC(OC6OC(C(=O)O)C(O)C(O)C6O)C(C)(C)C5CCC43C)C2C1. The summed E-state index contributed by atoms with van der Waals surface area (Å²) in [7, 11) is 1.41. The molecule has 5 aliphatic carbocycles. The Morgan fingerprint density at radius 1 is 0.833 bits per heavy atom. The molecule has 48 heavy (non-hydrogen) atoms. The third kappa shape index (κ3) is 4.73. The van der Waals surface area contributed by atoms with Crippen molar-refractivity contribution in [2.75, 3.05) is 7.11 Å². The van der Waals surface area contributed by atoms with Crippen LogP contribution in [0.3, 0.4) is 0 Å². The minimum Gasteiger partial charge on any atom is -0.481 e. The van der Waals surface area contributed by atoms with Gasteiger partial charge in [0, 0.05) is 0 Å². The molecule has 6 aliphatic rings. The van der Waals surface area contributed by atoms with E-state index in [0.717, 1.165) is 32.1 Å². The van der Waals surface area contributed by atoms with Gasteiger partial charge in [-0.1, -0.05) is 46.3 Å². The van der Waals surface area contributed by atoms with Crippen molar-refractivity contribution in [1.82, 2.24) is 0 Å². The standard InChI is InChI=1S/C37H56O11/c1-32(2)21-10-13-36(6)22(34(21,4)12-11-23(32)47-29-26(40)24(38)25(39)27(48-29)28(41)42)9-8-19-20-18-33(3,31(45)46-7)14-16-37(20,30(43)44)17-15-35(19,36)5/h8,20-27,29,38-40H,9-18H2,1-7H3,(H,41,42)(H,43,44). The summed E-state index contributed by atoms with van der Waals surface area (Å²) in [6.45, 7) is 13.4. The van der Waals surface area contributed by atoms with Crippen molar-refractivity contribution < 1.29 is 54.1 Å². The number of ether oxygens (including phenoxy) is 3. The van der Waals surface area contributed by atoms with E-state index in [1.54, 1.807) is 0 Å². The number of rotatable bonds is 5. The van der Waals surface area contributed by atoms with E-state index in [1.807, 2.05) is 6.92 Å². The van der Waals surface area contributed by atoms with Crippen molar-refractivity contribution >= 4 is 17.9 Å². The summed E-state index contributed by atoms with van der Waals surface area (Å²) in [6.07, 6.45) is 0.758. The Morgan fingerprint density at radius 2 is 1.50 bits per heavy atom. The molecule has 0 aromatic carbocycles. The summed E-state index contributed by atoms with van der Waals surface area (Å²) in [5, 5.41) is 51.5. The predicted octanol–water partition coefficient (Wildman–Crippen LogP) is 4.30. The lowest BCUT2D eigenvalue weighted by atomic mass is 9.33. The van der Waals surface area contributed by atoms with Crippen LogP contribution >= 0.6 is 0 Å². The number of carbonyl (C=O) groups excluding carboxylic acids is 1. The average molecular weight is 677 g/mol. The van der Waals surface area contributed by atoms with Crippen molar-refractivity contribution in [2.24, 2.45) is 50.2 Å². The maximum absolute atomic E-state index is 13.1. The molecule has 14 unspecified atom stereocenters. The third-order valence-electron chi connectivity index (χ3n) is 15.6. The highest BCUT2D eigenvalue weighted by molar-refractivity contribution is 5.80. The smallest absolute Gasteiger partial charge is 0.335 e. The zero-order valence-electron chi connectivity index (χ0n) is 29.5. The molecule has 0 bridgehead atoms. The van der Waals surface area contributed by atoms with Crippen LogP contribution in [-0.2, 0) is 28.6 Å². The maximum Gasteiger partial charge on any atom is 0.335 e. The molecule has 0 aromatic heterocycles. The molecule has 270 valence electrons. The first kappa shape index (κ1) is 35.8. The van der Waals surface area contributed by atoms with E-state index >= 15 is 0 Å². The number of fused-ring (bicyclic) bond motifs is 7. The lowest BCUT2D eigenvalue weighted by molar-refractivity contribution is -0.324. The van der Waals surface area contributed by atoms with Crippen molar-refractivity contribution in [3.63, 3.8) is 0 Å². The summed E-state index contributed by atoms with van der Waals surface area (Å²) in [6, 6.07) is 0. The van der Waals surface area contributed by atoms with Crippen LogP contribution in [0.4, 0.5) is 0 Å². The number of aliphatic hydroxyl groups excluding tert-OH is 3. The van der Waals surface area contributed by atoms with Crippen LogP contribution in [0.2, 0.25) is 0 Å².